The molecule has 0 radical (unpaired) electrons. The van der Waals surface area contributed by atoms with Crippen LogP contribution in [0.3, 0.4) is 0 Å². The van der Waals surface area contributed by atoms with Gasteiger partial charge in [0.25, 0.3) is 5.91 Å². The summed E-state index contributed by atoms with van der Waals surface area (Å²) in [5, 5.41) is 0.639. The van der Waals surface area contributed by atoms with Gasteiger partial charge in [-0.15, -0.1) is 12.4 Å². The SMILES string of the molecule is CCOc1cc(C(=O)N(CCN(CC)CC)c2nc3cc(OC)ccc3s2)cc(OCC)c1OCC.Cl. The number of nitrogens with zero attached hydrogens (tertiary/aromatic N) is 3. The van der Waals surface area contributed by atoms with Gasteiger partial charge in [0, 0.05) is 24.7 Å². The van der Waals surface area contributed by atoms with Crippen LogP contribution in [-0.4, -0.2) is 68.9 Å². The summed E-state index contributed by atoms with van der Waals surface area (Å²) in [6.07, 6.45) is 0. The fraction of sp³-hybridized carbons (Fsp3) is 0.481. The second-order valence-electron chi connectivity index (χ2n) is 7.91. The van der Waals surface area contributed by atoms with Crippen LogP contribution < -0.4 is 23.8 Å². The van der Waals surface area contributed by atoms with E-state index in [9.17, 15) is 4.79 Å². The van der Waals surface area contributed by atoms with Gasteiger partial charge in [0.05, 0.1) is 37.1 Å². The van der Waals surface area contributed by atoms with Gasteiger partial charge < -0.3 is 23.8 Å². The first-order valence-electron chi connectivity index (χ1n) is 12.5. The van der Waals surface area contributed by atoms with Crippen molar-refractivity contribution >= 4 is 45.0 Å². The molecule has 0 aliphatic rings. The molecule has 0 atom stereocenters. The van der Waals surface area contributed by atoms with Crippen molar-refractivity contribution in [3.63, 3.8) is 0 Å². The summed E-state index contributed by atoms with van der Waals surface area (Å²) in [6.45, 7) is 14.3. The lowest BCUT2D eigenvalue weighted by Crippen LogP contribution is -2.38. The molecule has 0 saturated heterocycles. The summed E-state index contributed by atoms with van der Waals surface area (Å²) >= 11 is 1.49. The van der Waals surface area contributed by atoms with E-state index in [-0.39, 0.29) is 18.3 Å². The van der Waals surface area contributed by atoms with Gasteiger partial charge in [0.1, 0.15) is 5.75 Å². The van der Waals surface area contributed by atoms with Gasteiger partial charge in [-0.1, -0.05) is 25.2 Å². The molecule has 37 heavy (non-hydrogen) atoms. The molecule has 0 fully saturated rings. The van der Waals surface area contributed by atoms with Gasteiger partial charge in [-0.05, 0) is 58.1 Å². The van der Waals surface area contributed by atoms with Crippen molar-refractivity contribution in [2.24, 2.45) is 0 Å². The van der Waals surface area contributed by atoms with Crippen molar-refractivity contribution in [2.45, 2.75) is 34.6 Å². The Kier molecular flexibility index (Phi) is 12.2. The van der Waals surface area contributed by atoms with Crippen LogP contribution in [0.2, 0.25) is 0 Å². The van der Waals surface area contributed by atoms with Gasteiger partial charge in [-0.25, -0.2) is 4.98 Å². The second kappa shape index (κ2) is 14.9. The molecule has 10 heteroatoms. The quantitative estimate of drug-likeness (QED) is 0.246. The topological polar surface area (TPSA) is 73.4 Å². The maximum atomic E-state index is 14.0. The molecular formula is C27H38ClN3O5S. The van der Waals surface area contributed by atoms with E-state index < -0.39 is 0 Å². The average molecular weight is 552 g/mol. The zero-order valence-electron chi connectivity index (χ0n) is 22.5. The molecule has 1 heterocycles. The Labute approximate surface area is 229 Å². The number of benzene rings is 2. The Morgan fingerprint density at radius 1 is 0.892 bits per heavy atom. The number of hydrogen-bond donors (Lipinski definition) is 0. The highest BCUT2D eigenvalue weighted by Gasteiger charge is 2.25. The molecule has 0 spiro atoms. The maximum absolute atomic E-state index is 14.0. The minimum absolute atomic E-state index is 0. The lowest BCUT2D eigenvalue weighted by atomic mass is 10.1. The van der Waals surface area contributed by atoms with E-state index in [0.717, 1.165) is 35.6 Å². The molecule has 1 amide bonds. The number of hydrogen-bond acceptors (Lipinski definition) is 8. The number of aromatic nitrogens is 1. The fourth-order valence-corrected chi connectivity index (χ4v) is 4.84. The van der Waals surface area contributed by atoms with Gasteiger partial charge in [-0.3, -0.25) is 9.69 Å². The predicted molar refractivity (Wildman–Crippen MR) is 153 cm³/mol. The second-order valence-corrected chi connectivity index (χ2v) is 8.92. The smallest absolute Gasteiger partial charge is 0.260 e. The number of thiazole rings is 1. The zero-order valence-corrected chi connectivity index (χ0v) is 24.2. The summed E-state index contributed by atoms with van der Waals surface area (Å²) < 4.78 is 23.9. The molecule has 0 unspecified atom stereocenters. The molecule has 3 rings (SSSR count). The van der Waals surface area contributed by atoms with Crippen LogP contribution >= 0.6 is 23.7 Å². The number of ether oxygens (including phenoxy) is 4. The van der Waals surface area contributed by atoms with Crippen molar-refractivity contribution < 1.29 is 23.7 Å². The Hall–Kier alpha value is -2.75. The first-order chi connectivity index (χ1) is 17.5. The Bertz CT molecular complexity index is 1130. The van der Waals surface area contributed by atoms with Gasteiger partial charge in [0.15, 0.2) is 16.6 Å². The van der Waals surface area contributed by atoms with Crippen molar-refractivity contribution in [2.75, 3.05) is 58.0 Å². The highest BCUT2D eigenvalue weighted by atomic mass is 35.5. The first-order valence-corrected chi connectivity index (χ1v) is 13.4. The highest BCUT2D eigenvalue weighted by molar-refractivity contribution is 7.22. The molecule has 3 aromatic rings. The number of methoxy groups -OCH3 is 1. The minimum Gasteiger partial charge on any atom is -0.497 e. The molecule has 0 N–H and O–H groups in total. The largest absolute Gasteiger partial charge is 0.497 e. The minimum atomic E-state index is -0.168. The molecule has 0 aliphatic carbocycles. The number of rotatable bonds is 14. The Morgan fingerprint density at radius 2 is 1.51 bits per heavy atom. The van der Waals surface area contributed by atoms with E-state index in [1.165, 1.54) is 11.3 Å². The molecule has 0 aliphatic heterocycles. The van der Waals surface area contributed by atoms with E-state index in [2.05, 4.69) is 18.7 Å². The maximum Gasteiger partial charge on any atom is 0.260 e. The standard InChI is InChI=1S/C27H37N3O5S.ClH/c1-7-29(8-2)14-15-30(27-28-21-18-20(32-6)12-13-24(21)36-27)26(31)19-16-22(33-9-3)25(35-11-5)23(17-19)34-10-4;/h12-13,16-18H,7-11,14-15H2,1-6H3;1H. The molecule has 204 valence electrons. The monoisotopic (exact) mass is 551 g/mol. The van der Waals surface area contributed by atoms with E-state index in [0.29, 0.717) is 54.3 Å². The normalized spacial score (nSPS) is 10.8. The summed E-state index contributed by atoms with van der Waals surface area (Å²) in [5.41, 5.74) is 1.26. The van der Waals surface area contributed by atoms with Gasteiger partial charge in [0.2, 0.25) is 5.75 Å². The number of halogens is 1. The van der Waals surface area contributed by atoms with Crippen LogP contribution in [0.25, 0.3) is 10.2 Å². The predicted octanol–water partition coefficient (Wildman–Crippen LogP) is 5.91. The molecule has 8 nitrogen and oxygen atoms in total. The van der Waals surface area contributed by atoms with Gasteiger partial charge in [-0.2, -0.15) is 0 Å². The van der Waals surface area contributed by atoms with E-state index in [1.54, 1.807) is 24.1 Å². The lowest BCUT2D eigenvalue weighted by molar-refractivity contribution is 0.0982. The van der Waals surface area contributed by atoms with Crippen LogP contribution in [0.4, 0.5) is 5.13 Å². The summed E-state index contributed by atoms with van der Waals surface area (Å²) in [4.78, 5) is 22.8. The van der Waals surface area contributed by atoms with Crippen molar-refractivity contribution in [1.29, 1.82) is 0 Å². The number of anilines is 1. The summed E-state index contributed by atoms with van der Waals surface area (Å²) in [7, 11) is 1.63. The van der Waals surface area contributed by atoms with Crippen LogP contribution in [0.15, 0.2) is 30.3 Å². The molecule has 2 aromatic carbocycles. The van der Waals surface area contributed by atoms with E-state index >= 15 is 0 Å². The third-order valence-electron chi connectivity index (χ3n) is 5.75. The number of carbonyl (C=O) groups excluding carboxylic acids is 1. The van der Waals surface area contributed by atoms with Gasteiger partial charge >= 0.3 is 0 Å². The highest BCUT2D eigenvalue weighted by Crippen LogP contribution is 2.40. The molecule has 1 aromatic heterocycles. The molecular weight excluding hydrogens is 514 g/mol. The van der Waals surface area contributed by atoms with Crippen molar-refractivity contribution in [3.05, 3.63) is 35.9 Å². The van der Waals surface area contributed by atoms with Crippen LogP contribution in [-0.2, 0) is 0 Å². The van der Waals surface area contributed by atoms with Crippen molar-refractivity contribution in [1.82, 2.24) is 9.88 Å². The number of carbonyl (C=O) groups is 1. The zero-order chi connectivity index (χ0) is 26.1. The molecule has 0 bridgehead atoms. The average Bonchev–Trinajstić information content (AvgIpc) is 3.31. The lowest BCUT2D eigenvalue weighted by Gasteiger charge is -2.25. The van der Waals surface area contributed by atoms with E-state index in [1.807, 2.05) is 39.0 Å². The number of likely N-dealkylation sites (N-methyl/N-ethyl adjacent to an activating group) is 1. The summed E-state index contributed by atoms with van der Waals surface area (Å²) in [5.74, 6) is 2.06. The van der Waals surface area contributed by atoms with Crippen LogP contribution in [0.5, 0.6) is 23.0 Å². The third kappa shape index (κ3) is 7.40. The van der Waals surface area contributed by atoms with Crippen LogP contribution in [0.1, 0.15) is 45.0 Å². The number of fused-ring (bicyclic) bond motifs is 1. The Balaban J connectivity index is 0.00000481. The summed E-state index contributed by atoms with van der Waals surface area (Å²) in [6, 6.07) is 9.24. The fourth-order valence-electron chi connectivity index (χ4n) is 3.87. The van der Waals surface area contributed by atoms with E-state index in [4.69, 9.17) is 23.9 Å². The first kappa shape index (κ1) is 30.5. The third-order valence-corrected chi connectivity index (χ3v) is 6.81. The van der Waals surface area contributed by atoms with Crippen LogP contribution in [0, 0.1) is 0 Å². The number of amides is 1. The molecule has 0 saturated carbocycles. The van der Waals surface area contributed by atoms with Crippen molar-refractivity contribution in [3.8, 4) is 23.0 Å². The Morgan fingerprint density at radius 3 is 2.05 bits per heavy atom.